The van der Waals surface area contributed by atoms with Gasteiger partial charge in [-0.3, -0.25) is 9.59 Å². The standard InChI is InChI=1S/C14H23N3O3/c18-13(11-3-9-20-10-11)17-6-1-2-12(17)14(19)16-7-4-15-5-8-16/h11-12,15H,1-10H2. The minimum atomic E-state index is -0.235. The number of nitrogens with one attached hydrogen (secondary N) is 1. The molecule has 0 spiro atoms. The third-order valence-electron chi connectivity index (χ3n) is 4.53. The Morgan fingerprint density at radius 1 is 1.05 bits per heavy atom. The highest BCUT2D eigenvalue weighted by atomic mass is 16.5. The van der Waals surface area contributed by atoms with Gasteiger partial charge in [-0.05, 0) is 19.3 Å². The fraction of sp³-hybridized carbons (Fsp3) is 0.857. The monoisotopic (exact) mass is 281 g/mol. The van der Waals surface area contributed by atoms with Crippen LogP contribution in [-0.4, -0.2) is 73.6 Å². The number of nitrogens with zero attached hydrogens (tertiary/aromatic N) is 2. The number of rotatable bonds is 2. The lowest BCUT2D eigenvalue weighted by atomic mass is 10.1. The Labute approximate surface area is 119 Å². The molecule has 1 N–H and O–H groups in total. The molecule has 3 rings (SSSR count). The van der Waals surface area contributed by atoms with E-state index in [-0.39, 0.29) is 23.8 Å². The number of amides is 2. The molecule has 6 nitrogen and oxygen atoms in total. The molecule has 0 radical (unpaired) electrons. The fourth-order valence-corrected chi connectivity index (χ4v) is 3.35. The highest BCUT2D eigenvalue weighted by molar-refractivity contribution is 5.89. The smallest absolute Gasteiger partial charge is 0.245 e. The highest BCUT2D eigenvalue weighted by Gasteiger charge is 2.39. The summed E-state index contributed by atoms with van der Waals surface area (Å²) in [5, 5.41) is 3.25. The van der Waals surface area contributed by atoms with Crippen molar-refractivity contribution in [2.45, 2.75) is 25.3 Å². The van der Waals surface area contributed by atoms with Gasteiger partial charge >= 0.3 is 0 Å². The van der Waals surface area contributed by atoms with Crippen molar-refractivity contribution < 1.29 is 14.3 Å². The van der Waals surface area contributed by atoms with Crippen molar-refractivity contribution in [3.05, 3.63) is 0 Å². The maximum Gasteiger partial charge on any atom is 0.245 e. The molecule has 0 aromatic rings. The molecule has 3 saturated heterocycles. The molecule has 0 aromatic carbocycles. The number of hydrogen-bond acceptors (Lipinski definition) is 4. The summed E-state index contributed by atoms with van der Waals surface area (Å²) in [6.07, 6.45) is 2.54. The van der Waals surface area contributed by atoms with Crippen LogP contribution in [0.1, 0.15) is 19.3 Å². The van der Waals surface area contributed by atoms with Crippen LogP contribution < -0.4 is 5.32 Å². The fourth-order valence-electron chi connectivity index (χ4n) is 3.35. The summed E-state index contributed by atoms with van der Waals surface area (Å²) in [7, 11) is 0. The Hall–Kier alpha value is -1.14. The molecule has 2 amide bonds. The number of carbonyl (C=O) groups is 2. The van der Waals surface area contributed by atoms with Gasteiger partial charge in [-0.2, -0.15) is 0 Å². The highest BCUT2D eigenvalue weighted by Crippen LogP contribution is 2.24. The summed E-state index contributed by atoms with van der Waals surface area (Å²) < 4.78 is 5.30. The first-order valence-electron chi connectivity index (χ1n) is 7.65. The third-order valence-corrected chi connectivity index (χ3v) is 4.53. The average molecular weight is 281 g/mol. The van der Waals surface area contributed by atoms with Crippen molar-refractivity contribution in [3.8, 4) is 0 Å². The summed E-state index contributed by atoms with van der Waals surface area (Å²) in [5.74, 6) is 0.219. The van der Waals surface area contributed by atoms with E-state index in [1.54, 1.807) is 0 Å². The molecular formula is C14H23N3O3. The van der Waals surface area contributed by atoms with E-state index in [1.807, 2.05) is 9.80 Å². The summed E-state index contributed by atoms with van der Waals surface area (Å²) in [4.78, 5) is 28.8. The molecule has 112 valence electrons. The molecular weight excluding hydrogens is 258 g/mol. The first-order valence-corrected chi connectivity index (χ1v) is 7.65. The van der Waals surface area contributed by atoms with Crippen LogP contribution in [0, 0.1) is 5.92 Å². The second kappa shape index (κ2) is 6.10. The van der Waals surface area contributed by atoms with Crippen molar-refractivity contribution in [2.75, 3.05) is 45.9 Å². The largest absolute Gasteiger partial charge is 0.381 e. The maximum atomic E-state index is 12.6. The van der Waals surface area contributed by atoms with Crippen LogP contribution in [0.25, 0.3) is 0 Å². The van der Waals surface area contributed by atoms with E-state index >= 15 is 0 Å². The summed E-state index contributed by atoms with van der Waals surface area (Å²) in [6.45, 7) is 5.11. The predicted octanol–water partition coefficient (Wildman–Crippen LogP) is -0.554. The van der Waals surface area contributed by atoms with Gasteiger partial charge in [0.15, 0.2) is 0 Å². The molecule has 2 atom stereocenters. The third kappa shape index (κ3) is 2.67. The van der Waals surface area contributed by atoms with E-state index in [4.69, 9.17) is 4.74 Å². The predicted molar refractivity (Wildman–Crippen MR) is 73.1 cm³/mol. The Bertz CT molecular complexity index is 376. The van der Waals surface area contributed by atoms with Crippen LogP contribution in [0.4, 0.5) is 0 Å². The Morgan fingerprint density at radius 2 is 1.85 bits per heavy atom. The summed E-state index contributed by atoms with van der Waals surface area (Å²) in [5.41, 5.74) is 0. The van der Waals surface area contributed by atoms with Gasteiger partial charge in [-0.15, -0.1) is 0 Å². The van der Waals surface area contributed by atoms with Crippen LogP contribution in [0.15, 0.2) is 0 Å². The molecule has 6 heteroatoms. The summed E-state index contributed by atoms with van der Waals surface area (Å²) in [6, 6.07) is -0.235. The maximum absolute atomic E-state index is 12.6. The van der Waals surface area contributed by atoms with Crippen molar-refractivity contribution in [1.29, 1.82) is 0 Å². The lowest BCUT2D eigenvalue weighted by Crippen LogP contribution is -2.54. The normalized spacial score (nSPS) is 30.8. The first kappa shape index (κ1) is 13.8. The molecule has 0 bridgehead atoms. The van der Waals surface area contributed by atoms with Gasteiger partial charge < -0.3 is 19.9 Å². The van der Waals surface area contributed by atoms with Crippen LogP contribution >= 0.6 is 0 Å². The molecule has 0 saturated carbocycles. The zero-order valence-electron chi connectivity index (χ0n) is 11.8. The molecule has 0 aliphatic carbocycles. The number of hydrogen-bond donors (Lipinski definition) is 1. The van der Waals surface area contributed by atoms with Crippen molar-refractivity contribution in [2.24, 2.45) is 5.92 Å². The molecule has 3 aliphatic rings. The Kier molecular flexibility index (Phi) is 4.21. The zero-order chi connectivity index (χ0) is 13.9. The van der Waals surface area contributed by atoms with Crippen molar-refractivity contribution in [1.82, 2.24) is 15.1 Å². The number of ether oxygens (including phenoxy) is 1. The van der Waals surface area contributed by atoms with Gasteiger partial charge in [-0.1, -0.05) is 0 Å². The van der Waals surface area contributed by atoms with Crippen molar-refractivity contribution in [3.63, 3.8) is 0 Å². The Morgan fingerprint density at radius 3 is 2.55 bits per heavy atom. The molecule has 20 heavy (non-hydrogen) atoms. The van der Waals surface area contributed by atoms with Gasteiger partial charge in [0.05, 0.1) is 12.5 Å². The first-order chi connectivity index (χ1) is 9.77. The quantitative estimate of drug-likeness (QED) is 0.737. The van der Waals surface area contributed by atoms with E-state index in [0.717, 1.165) is 52.0 Å². The number of likely N-dealkylation sites (tertiary alicyclic amines) is 1. The van der Waals surface area contributed by atoms with Gasteiger partial charge in [-0.25, -0.2) is 0 Å². The minimum Gasteiger partial charge on any atom is -0.381 e. The van der Waals surface area contributed by atoms with Gasteiger partial charge in [0.2, 0.25) is 11.8 Å². The lowest BCUT2D eigenvalue weighted by molar-refractivity contribution is -0.146. The van der Waals surface area contributed by atoms with Crippen molar-refractivity contribution >= 4 is 11.8 Å². The lowest BCUT2D eigenvalue weighted by Gasteiger charge is -2.33. The minimum absolute atomic E-state index is 0.0357. The Balaban J connectivity index is 1.65. The van der Waals surface area contributed by atoms with Crippen LogP contribution in [-0.2, 0) is 14.3 Å². The number of piperazine rings is 1. The molecule has 2 unspecified atom stereocenters. The van der Waals surface area contributed by atoms with Gasteiger partial charge in [0.1, 0.15) is 6.04 Å². The van der Waals surface area contributed by atoms with E-state index in [2.05, 4.69) is 5.32 Å². The summed E-state index contributed by atoms with van der Waals surface area (Å²) >= 11 is 0. The van der Waals surface area contributed by atoms with Gasteiger partial charge in [0.25, 0.3) is 0 Å². The van der Waals surface area contributed by atoms with E-state index in [1.165, 1.54) is 0 Å². The second-order valence-electron chi connectivity index (χ2n) is 5.83. The zero-order valence-corrected chi connectivity index (χ0v) is 11.8. The average Bonchev–Trinajstić information content (AvgIpc) is 3.18. The molecule has 0 aromatic heterocycles. The molecule has 3 heterocycles. The van der Waals surface area contributed by atoms with Crippen LogP contribution in [0.2, 0.25) is 0 Å². The van der Waals surface area contributed by atoms with Crippen LogP contribution in [0.3, 0.4) is 0 Å². The van der Waals surface area contributed by atoms with E-state index < -0.39 is 0 Å². The second-order valence-corrected chi connectivity index (χ2v) is 5.83. The SMILES string of the molecule is O=C(C1CCCN1C(=O)C1CCOC1)N1CCNCC1. The van der Waals surface area contributed by atoms with Crippen LogP contribution in [0.5, 0.6) is 0 Å². The number of carbonyl (C=O) groups excluding carboxylic acids is 2. The molecule has 3 aliphatic heterocycles. The topological polar surface area (TPSA) is 61.9 Å². The van der Waals surface area contributed by atoms with E-state index in [9.17, 15) is 9.59 Å². The van der Waals surface area contributed by atoms with E-state index in [0.29, 0.717) is 13.2 Å². The van der Waals surface area contributed by atoms with Gasteiger partial charge in [0, 0.05) is 39.3 Å². The molecule has 3 fully saturated rings.